The highest BCUT2D eigenvalue weighted by atomic mass is 35.5. The molecule has 0 saturated heterocycles. The van der Waals surface area contributed by atoms with Crippen molar-refractivity contribution in [1.29, 1.82) is 0 Å². The number of nitrogens with zero attached hydrogens (tertiary/aromatic N) is 2. The Balaban J connectivity index is 2.05. The average molecular weight is 542 g/mol. The van der Waals surface area contributed by atoms with E-state index in [1.807, 2.05) is 51.1 Å². The van der Waals surface area contributed by atoms with Crippen LogP contribution < -0.4 is 9.62 Å². The van der Waals surface area contributed by atoms with Crippen molar-refractivity contribution in [2.75, 3.05) is 17.9 Å². The predicted octanol–water partition coefficient (Wildman–Crippen LogP) is 4.71. The number of amides is 2. The maximum absolute atomic E-state index is 13.9. The molecule has 0 fully saturated rings. The number of hydrogen-bond acceptors (Lipinski definition) is 4. The van der Waals surface area contributed by atoms with Gasteiger partial charge in [-0.1, -0.05) is 60.5 Å². The van der Waals surface area contributed by atoms with Gasteiger partial charge in [0.05, 0.1) is 10.6 Å². The van der Waals surface area contributed by atoms with Gasteiger partial charge >= 0.3 is 0 Å². The molecule has 0 spiro atoms. The molecule has 3 rings (SSSR count). The molecule has 2 amide bonds. The van der Waals surface area contributed by atoms with Crippen LogP contribution in [0, 0.1) is 13.8 Å². The number of nitrogens with one attached hydrogen (secondary N) is 1. The fraction of sp³-hybridized carbons (Fsp3) is 0.286. The molecule has 1 unspecified atom stereocenters. The second-order valence-electron chi connectivity index (χ2n) is 8.85. The minimum Gasteiger partial charge on any atom is -0.357 e. The van der Waals surface area contributed by atoms with E-state index in [2.05, 4.69) is 5.32 Å². The van der Waals surface area contributed by atoms with E-state index < -0.39 is 28.5 Å². The Bertz CT molecular complexity index is 1340. The summed E-state index contributed by atoms with van der Waals surface area (Å²) in [6, 6.07) is 19.6. The number of likely N-dealkylation sites (N-methyl/N-ethyl adjacent to an activating group) is 1. The Kier molecular flexibility index (Phi) is 9.34. The Labute approximate surface area is 224 Å². The van der Waals surface area contributed by atoms with Crippen molar-refractivity contribution < 1.29 is 18.0 Å². The van der Waals surface area contributed by atoms with Gasteiger partial charge in [-0.25, -0.2) is 8.42 Å². The molecule has 1 atom stereocenters. The zero-order valence-electron chi connectivity index (χ0n) is 21.4. The summed E-state index contributed by atoms with van der Waals surface area (Å²) in [5.41, 5.74) is 3.10. The summed E-state index contributed by atoms with van der Waals surface area (Å²) in [4.78, 5) is 28.0. The van der Waals surface area contributed by atoms with Crippen molar-refractivity contribution in [3.63, 3.8) is 0 Å². The molecule has 1 N–H and O–H groups in total. The van der Waals surface area contributed by atoms with Gasteiger partial charge in [0.1, 0.15) is 12.6 Å². The molecular weight excluding hydrogens is 510 g/mol. The van der Waals surface area contributed by atoms with Crippen LogP contribution in [0.3, 0.4) is 0 Å². The highest BCUT2D eigenvalue weighted by Crippen LogP contribution is 2.26. The van der Waals surface area contributed by atoms with E-state index in [1.165, 1.54) is 36.2 Å². The van der Waals surface area contributed by atoms with Gasteiger partial charge in [-0.2, -0.15) is 0 Å². The molecule has 0 aliphatic heterocycles. The Morgan fingerprint density at radius 2 is 1.59 bits per heavy atom. The van der Waals surface area contributed by atoms with E-state index in [9.17, 15) is 18.0 Å². The lowest BCUT2D eigenvalue weighted by Gasteiger charge is -2.33. The molecule has 0 aliphatic rings. The number of benzene rings is 3. The number of hydrogen-bond donors (Lipinski definition) is 1. The standard InChI is InChI=1S/C28H32ClN3O4S/c1-5-26(28(34)30-4)31(18-22-11-9-20(2)10-12-22)27(33)19-32(24-8-6-7-21(3)17-24)37(35,36)25-15-13-23(29)14-16-25/h6-17,26H,5,18-19H2,1-4H3,(H,30,34). The number of aryl methyl sites for hydroxylation is 2. The van der Waals surface area contributed by atoms with Crippen LogP contribution in [-0.4, -0.2) is 44.8 Å². The van der Waals surface area contributed by atoms with E-state index in [0.29, 0.717) is 17.1 Å². The Morgan fingerprint density at radius 3 is 2.16 bits per heavy atom. The van der Waals surface area contributed by atoms with Crippen molar-refractivity contribution in [3.8, 4) is 0 Å². The van der Waals surface area contributed by atoms with Crippen molar-refractivity contribution >= 4 is 39.1 Å². The zero-order chi connectivity index (χ0) is 27.2. The summed E-state index contributed by atoms with van der Waals surface area (Å²) in [7, 11) is -2.61. The minimum atomic E-state index is -4.13. The third kappa shape index (κ3) is 6.90. The van der Waals surface area contributed by atoms with Crippen LogP contribution in [0.4, 0.5) is 5.69 Å². The maximum Gasteiger partial charge on any atom is 0.264 e. The topological polar surface area (TPSA) is 86.8 Å². The van der Waals surface area contributed by atoms with Gasteiger partial charge in [-0.3, -0.25) is 13.9 Å². The van der Waals surface area contributed by atoms with Gasteiger partial charge in [0.15, 0.2) is 0 Å². The van der Waals surface area contributed by atoms with Crippen LogP contribution in [0.1, 0.15) is 30.0 Å². The lowest BCUT2D eigenvalue weighted by Crippen LogP contribution is -2.51. The van der Waals surface area contributed by atoms with Gasteiger partial charge in [0.25, 0.3) is 10.0 Å². The first-order valence-electron chi connectivity index (χ1n) is 12.0. The van der Waals surface area contributed by atoms with Crippen LogP contribution in [0.2, 0.25) is 5.02 Å². The minimum absolute atomic E-state index is 0.00892. The molecule has 3 aromatic rings. The summed E-state index contributed by atoms with van der Waals surface area (Å²) >= 11 is 5.98. The normalized spacial score (nSPS) is 12.0. The van der Waals surface area contributed by atoms with Gasteiger partial charge < -0.3 is 10.2 Å². The average Bonchev–Trinajstić information content (AvgIpc) is 2.88. The zero-order valence-corrected chi connectivity index (χ0v) is 23.0. The molecule has 0 saturated carbocycles. The number of carbonyl (C=O) groups excluding carboxylic acids is 2. The third-order valence-corrected chi connectivity index (χ3v) is 8.12. The first kappa shape index (κ1) is 28.2. The summed E-state index contributed by atoms with van der Waals surface area (Å²) in [5, 5.41) is 3.02. The second-order valence-corrected chi connectivity index (χ2v) is 11.1. The molecular formula is C28H32ClN3O4S. The number of sulfonamides is 1. The van der Waals surface area contributed by atoms with Crippen LogP contribution in [0.25, 0.3) is 0 Å². The molecule has 0 aliphatic carbocycles. The number of anilines is 1. The van der Waals surface area contributed by atoms with Gasteiger partial charge in [0.2, 0.25) is 11.8 Å². The van der Waals surface area contributed by atoms with Gasteiger partial charge in [0, 0.05) is 18.6 Å². The fourth-order valence-corrected chi connectivity index (χ4v) is 5.55. The molecule has 0 heterocycles. The summed E-state index contributed by atoms with van der Waals surface area (Å²) in [5.74, 6) is -0.805. The summed E-state index contributed by atoms with van der Waals surface area (Å²) in [6.07, 6.45) is 0.367. The van der Waals surface area contributed by atoms with Crippen LogP contribution in [0.5, 0.6) is 0 Å². The first-order chi connectivity index (χ1) is 17.6. The summed E-state index contributed by atoms with van der Waals surface area (Å²) in [6.45, 7) is 5.31. The molecule has 7 nitrogen and oxygen atoms in total. The number of rotatable bonds is 10. The van der Waals surface area contributed by atoms with Crippen molar-refractivity contribution in [1.82, 2.24) is 10.2 Å². The van der Waals surface area contributed by atoms with E-state index >= 15 is 0 Å². The predicted molar refractivity (Wildman–Crippen MR) is 147 cm³/mol. The molecule has 37 heavy (non-hydrogen) atoms. The molecule has 196 valence electrons. The van der Waals surface area contributed by atoms with Crippen LogP contribution in [-0.2, 0) is 26.2 Å². The molecule has 0 aromatic heterocycles. The number of halogens is 1. The van der Waals surface area contributed by atoms with Crippen molar-refractivity contribution in [3.05, 3.63) is 94.5 Å². The van der Waals surface area contributed by atoms with Crippen LogP contribution >= 0.6 is 11.6 Å². The quantitative estimate of drug-likeness (QED) is 0.403. The first-order valence-corrected chi connectivity index (χ1v) is 13.8. The highest BCUT2D eigenvalue weighted by Gasteiger charge is 2.33. The van der Waals surface area contributed by atoms with Gasteiger partial charge in [-0.05, 0) is 67.8 Å². The molecule has 3 aromatic carbocycles. The number of carbonyl (C=O) groups is 2. The molecule has 0 radical (unpaired) electrons. The fourth-order valence-electron chi connectivity index (χ4n) is 4.02. The Morgan fingerprint density at radius 1 is 0.946 bits per heavy atom. The highest BCUT2D eigenvalue weighted by molar-refractivity contribution is 7.92. The van der Waals surface area contributed by atoms with Crippen molar-refractivity contribution in [2.24, 2.45) is 0 Å². The lowest BCUT2D eigenvalue weighted by atomic mass is 10.1. The summed E-state index contributed by atoms with van der Waals surface area (Å²) < 4.78 is 28.6. The van der Waals surface area contributed by atoms with E-state index in [1.54, 1.807) is 18.2 Å². The lowest BCUT2D eigenvalue weighted by molar-refractivity contribution is -0.140. The monoisotopic (exact) mass is 541 g/mol. The SMILES string of the molecule is CCC(C(=O)NC)N(Cc1ccc(C)cc1)C(=O)CN(c1cccc(C)c1)S(=O)(=O)c1ccc(Cl)cc1. The molecule has 9 heteroatoms. The van der Waals surface area contributed by atoms with Crippen molar-refractivity contribution in [2.45, 2.75) is 44.7 Å². The third-order valence-electron chi connectivity index (χ3n) is 6.08. The van der Waals surface area contributed by atoms with Crippen LogP contribution in [0.15, 0.2) is 77.7 Å². The Hall–Kier alpha value is -3.36. The van der Waals surface area contributed by atoms with E-state index in [4.69, 9.17) is 11.6 Å². The van der Waals surface area contributed by atoms with E-state index in [-0.39, 0.29) is 17.3 Å². The maximum atomic E-state index is 13.9. The smallest absolute Gasteiger partial charge is 0.264 e. The second kappa shape index (κ2) is 12.3. The van der Waals surface area contributed by atoms with E-state index in [0.717, 1.165) is 21.0 Å². The molecule has 0 bridgehead atoms. The van der Waals surface area contributed by atoms with Gasteiger partial charge in [-0.15, -0.1) is 0 Å². The largest absolute Gasteiger partial charge is 0.357 e.